The summed E-state index contributed by atoms with van der Waals surface area (Å²) >= 11 is 1.66. The highest BCUT2D eigenvalue weighted by Crippen LogP contribution is 2.30. The Balaban J connectivity index is 1.82. The van der Waals surface area contributed by atoms with Crippen LogP contribution >= 0.6 is 11.3 Å². The van der Waals surface area contributed by atoms with E-state index in [1.165, 1.54) is 23.4 Å². The van der Waals surface area contributed by atoms with Gasteiger partial charge in [-0.05, 0) is 50.0 Å². The largest absolute Gasteiger partial charge is 0.465 e. The van der Waals surface area contributed by atoms with Crippen molar-refractivity contribution < 1.29 is 4.42 Å². The first-order valence-electron chi connectivity index (χ1n) is 6.68. The van der Waals surface area contributed by atoms with Crippen LogP contribution in [0.1, 0.15) is 34.2 Å². The van der Waals surface area contributed by atoms with Gasteiger partial charge in [-0.15, -0.1) is 11.3 Å². The van der Waals surface area contributed by atoms with Gasteiger partial charge in [0, 0.05) is 4.88 Å². The molecule has 1 aliphatic rings. The molecule has 100 valence electrons. The number of allylic oxidation sites excluding steroid dienone is 3. The molecule has 0 aromatic carbocycles. The lowest BCUT2D eigenvalue weighted by Crippen LogP contribution is -1.99. The Bertz CT molecular complexity index is 663. The van der Waals surface area contributed by atoms with E-state index < -0.39 is 0 Å². The van der Waals surface area contributed by atoms with Gasteiger partial charge in [-0.3, -0.25) is 0 Å². The lowest BCUT2D eigenvalue weighted by Gasteiger charge is -2.06. The molecule has 0 saturated carbocycles. The first-order valence-corrected chi connectivity index (χ1v) is 7.49. The topological polar surface area (TPSA) is 49.8 Å². The van der Waals surface area contributed by atoms with E-state index in [4.69, 9.17) is 4.42 Å². The van der Waals surface area contributed by atoms with E-state index in [2.05, 4.69) is 11.1 Å². The van der Waals surface area contributed by atoms with Crippen LogP contribution in [0.25, 0.3) is 11.6 Å². The van der Waals surface area contributed by atoms with Crippen LogP contribution in [-0.4, -0.2) is 4.98 Å². The molecule has 0 N–H and O–H groups in total. The molecule has 0 atom stereocenters. The highest BCUT2D eigenvalue weighted by molar-refractivity contribution is 7.13. The zero-order chi connectivity index (χ0) is 13.8. The normalized spacial score (nSPS) is 15.2. The van der Waals surface area contributed by atoms with E-state index >= 15 is 0 Å². The number of hydrogen-bond donors (Lipinski definition) is 0. The van der Waals surface area contributed by atoms with E-state index in [-0.39, 0.29) is 0 Å². The SMILES string of the molecule is N#C/C(=C\C=C\c1ccco1)c1nc2c(s1)CCCC2. The molecular weight excluding hydrogens is 268 g/mol. The number of aromatic nitrogens is 1. The zero-order valence-electron chi connectivity index (χ0n) is 11.0. The van der Waals surface area contributed by atoms with Crippen LogP contribution in [0.5, 0.6) is 0 Å². The van der Waals surface area contributed by atoms with Crippen LogP contribution in [-0.2, 0) is 12.8 Å². The molecule has 0 bridgehead atoms. The van der Waals surface area contributed by atoms with Gasteiger partial charge in [0.15, 0.2) is 0 Å². The van der Waals surface area contributed by atoms with Gasteiger partial charge < -0.3 is 4.42 Å². The minimum Gasteiger partial charge on any atom is -0.465 e. The number of aryl methyl sites for hydroxylation is 2. The van der Waals surface area contributed by atoms with Crippen molar-refractivity contribution in [3.8, 4) is 6.07 Å². The first kappa shape index (κ1) is 12.9. The molecule has 0 radical (unpaired) electrons. The minimum absolute atomic E-state index is 0.618. The molecule has 0 aliphatic heterocycles. The lowest BCUT2D eigenvalue weighted by molar-refractivity contribution is 0.557. The summed E-state index contributed by atoms with van der Waals surface area (Å²) in [5.74, 6) is 0.775. The van der Waals surface area contributed by atoms with Gasteiger partial charge in [0.2, 0.25) is 0 Å². The number of thiazole rings is 1. The summed E-state index contributed by atoms with van der Waals surface area (Å²) in [5, 5.41) is 10.1. The maximum Gasteiger partial charge on any atom is 0.134 e. The Labute approximate surface area is 121 Å². The maximum absolute atomic E-state index is 9.29. The van der Waals surface area contributed by atoms with Crippen LogP contribution in [0.15, 0.2) is 35.0 Å². The smallest absolute Gasteiger partial charge is 0.134 e. The Morgan fingerprint density at radius 3 is 3.05 bits per heavy atom. The van der Waals surface area contributed by atoms with Gasteiger partial charge in [0.05, 0.1) is 17.5 Å². The molecule has 2 aromatic rings. The van der Waals surface area contributed by atoms with Crippen molar-refractivity contribution in [1.82, 2.24) is 4.98 Å². The first-order chi connectivity index (χ1) is 9.86. The van der Waals surface area contributed by atoms with E-state index in [0.29, 0.717) is 5.57 Å². The quantitative estimate of drug-likeness (QED) is 0.625. The third kappa shape index (κ3) is 2.73. The fourth-order valence-corrected chi connectivity index (χ4v) is 3.37. The van der Waals surface area contributed by atoms with Crippen LogP contribution in [0.4, 0.5) is 0 Å². The Kier molecular flexibility index (Phi) is 3.80. The minimum atomic E-state index is 0.618. The summed E-state index contributed by atoms with van der Waals surface area (Å²) in [7, 11) is 0. The molecule has 0 spiro atoms. The maximum atomic E-state index is 9.29. The zero-order valence-corrected chi connectivity index (χ0v) is 11.8. The van der Waals surface area contributed by atoms with Crippen LogP contribution in [0, 0.1) is 11.3 Å². The number of nitrogens with zero attached hydrogens (tertiary/aromatic N) is 2. The summed E-state index contributed by atoms with van der Waals surface area (Å²) in [4.78, 5) is 5.96. The Morgan fingerprint density at radius 2 is 2.30 bits per heavy atom. The molecule has 0 unspecified atom stereocenters. The van der Waals surface area contributed by atoms with E-state index in [9.17, 15) is 5.26 Å². The van der Waals surface area contributed by atoms with Crippen LogP contribution < -0.4 is 0 Å². The van der Waals surface area contributed by atoms with Crippen molar-refractivity contribution >= 4 is 23.0 Å². The van der Waals surface area contributed by atoms with Gasteiger partial charge in [0.25, 0.3) is 0 Å². The van der Waals surface area contributed by atoms with Gasteiger partial charge in [0.1, 0.15) is 16.8 Å². The number of fused-ring (bicyclic) bond motifs is 1. The average Bonchev–Trinajstić information content (AvgIpc) is 3.12. The van der Waals surface area contributed by atoms with Gasteiger partial charge in [-0.1, -0.05) is 6.08 Å². The van der Waals surface area contributed by atoms with E-state index in [1.54, 1.807) is 23.7 Å². The van der Waals surface area contributed by atoms with Crippen molar-refractivity contribution in [2.45, 2.75) is 25.7 Å². The fourth-order valence-electron chi connectivity index (χ4n) is 2.25. The highest BCUT2D eigenvalue weighted by atomic mass is 32.1. The van der Waals surface area contributed by atoms with Crippen molar-refractivity contribution in [3.05, 3.63) is 51.9 Å². The molecule has 0 saturated heterocycles. The number of furan rings is 1. The molecule has 3 nitrogen and oxygen atoms in total. The second-order valence-electron chi connectivity index (χ2n) is 4.66. The second kappa shape index (κ2) is 5.89. The molecule has 20 heavy (non-hydrogen) atoms. The third-order valence-corrected chi connectivity index (χ3v) is 4.45. The number of rotatable bonds is 3. The summed E-state index contributed by atoms with van der Waals surface area (Å²) in [5.41, 5.74) is 1.81. The molecule has 2 aromatic heterocycles. The predicted octanol–water partition coefficient (Wildman–Crippen LogP) is 4.24. The molecule has 0 amide bonds. The third-order valence-electron chi connectivity index (χ3n) is 3.26. The molecule has 4 heteroatoms. The van der Waals surface area contributed by atoms with E-state index in [0.717, 1.165) is 23.6 Å². The second-order valence-corrected chi connectivity index (χ2v) is 5.75. The average molecular weight is 282 g/mol. The van der Waals surface area contributed by atoms with Crippen molar-refractivity contribution in [1.29, 1.82) is 5.26 Å². The fraction of sp³-hybridized carbons (Fsp3) is 0.250. The summed E-state index contributed by atoms with van der Waals surface area (Å²) < 4.78 is 5.21. The van der Waals surface area contributed by atoms with E-state index in [1.807, 2.05) is 24.3 Å². The highest BCUT2D eigenvalue weighted by Gasteiger charge is 2.16. The molecule has 3 rings (SSSR count). The molecular formula is C16H14N2OS. The molecule has 0 fully saturated rings. The lowest BCUT2D eigenvalue weighted by atomic mass is 10.0. The predicted molar refractivity (Wildman–Crippen MR) is 80.1 cm³/mol. The van der Waals surface area contributed by atoms with Gasteiger partial charge >= 0.3 is 0 Å². The van der Waals surface area contributed by atoms with Crippen molar-refractivity contribution in [3.63, 3.8) is 0 Å². The van der Waals surface area contributed by atoms with Crippen molar-refractivity contribution in [2.75, 3.05) is 0 Å². The van der Waals surface area contributed by atoms with Gasteiger partial charge in [-0.2, -0.15) is 5.26 Å². The Morgan fingerprint density at radius 1 is 1.40 bits per heavy atom. The number of nitriles is 1. The standard InChI is InChI=1S/C16H14N2OS/c17-11-12(5-3-6-13-7-4-10-19-13)16-18-14-8-1-2-9-15(14)20-16/h3-7,10H,1-2,8-9H2/b6-3+,12-5+. The van der Waals surface area contributed by atoms with Crippen LogP contribution in [0.3, 0.4) is 0 Å². The summed E-state index contributed by atoms with van der Waals surface area (Å²) in [6.07, 6.45) is 11.7. The summed E-state index contributed by atoms with van der Waals surface area (Å²) in [6.45, 7) is 0. The molecule has 2 heterocycles. The van der Waals surface area contributed by atoms with Crippen molar-refractivity contribution in [2.24, 2.45) is 0 Å². The van der Waals surface area contributed by atoms with Gasteiger partial charge in [-0.25, -0.2) is 4.98 Å². The molecule has 1 aliphatic carbocycles. The monoisotopic (exact) mass is 282 g/mol. The number of hydrogen-bond acceptors (Lipinski definition) is 4. The van der Waals surface area contributed by atoms with Crippen LogP contribution in [0.2, 0.25) is 0 Å². The summed E-state index contributed by atoms with van der Waals surface area (Å²) in [6, 6.07) is 5.95. The Hall–Kier alpha value is -2.12.